The molecule has 0 radical (unpaired) electrons. The number of nitrogens with two attached hydrogens (primary N) is 4. The highest BCUT2D eigenvalue weighted by Gasteiger charge is 1.99. The third-order valence-corrected chi connectivity index (χ3v) is 4.54. The molecule has 0 bridgehead atoms. The summed E-state index contributed by atoms with van der Waals surface area (Å²) < 4.78 is 0. The summed E-state index contributed by atoms with van der Waals surface area (Å²) in [4.78, 5) is 6.16. The second kappa shape index (κ2) is 19.3. The van der Waals surface area contributed by atoms with Crippen LogP contribution in [-0.4, -0.2) is 34.9 Å². The zero-order valence-electron chi connectivity index (χ0n) is 15.5. The van der Waals surface area contributed by atoms with Crippen molar-refractivity contribution < 1.29 is 43.9 Å². The standard InChI is InChI=1S/2C9H13N3S.2BrH/c2*10-6-7-13-9(11)12-8-4-2-1-3-5-8;;/h2*1-5H,6-7,10H2,(H2,11,12);2*1H. The van der Waals surface area contributed by atoms with Gasteiger partial charge in [-0.05, 0) is 47.8 Å². The number of thioether (sulfide) groups is 2. The number of amidine groups is 2. The summed E-state index contributed by atoms with van der Waals surface area (Å²) in [5, 5.41) is 1.38. The van der Waals surface area contributed by atoms with Gasteiger partial charge in [0.2, 0.25) is 0 Å². The maximum atomic E-state index is 5.70. The van der Waals surface area contributed by atoms with Crippen LogP contribution >= 0.6 is 23.5 Å². The van der Waals surface area contributed by atoms with Crippen molar-refractivity contribution in [3.8, 4) is 0 Å². The van der Waals surface area contributed by atoms with Crippen LogP contribution in [0.2, 0.25) is 0 Å². The monoisotopic (exact) mass is 550 g/mol. The summed E-state index contributed by atoms with van der Waals surface area (Å²) in [5.41, 5.74) is 24.1. The van der Waals surface area contributed by atoms with Crippen molar-refractivity contribution in [1.82, 2.24) is 0 Å². The number of hydrogen-bond acceptors (Lipinski definition) is 4. The van der Waals surface area contributed by atoms with Crippen LogP contribution in [0.5, 0.6) is 0 Å². The molecule has 2 aromatic rings. The van der Waals surface area contributed by atoms with E-state index in [1.807, 2.05) is 60.7 Å². The van der Waals surface area contributed by atoms with Gasteiger partial charge in [0.25, 0.3) is 0 Å². The Morgan fingerprint density at radius 3 is 1.25 bits per heavy atom. The molecule has 0 aliphatic rings. The Hall–Kier alpha value is -1.04. The number of para-hydroxylation sites is 2. The van der Waals surface area contributed by atoms with E-state index in [0.717, 1.165) is 22.9 Å². The first-order valence-electron chi connectivity index (χ1n) is 8.20. The Kier molecular flexibility index (Phi) is 20.1. The van der Waals surface area contributed by atoms with Gasteiger partial charge in [-0.2, -0.15) is 0 Å². The third kappa shape index (κ3) is 14.9. The van der Waals surface area contributed by atoms with Crippen molar-refractivity contribution in [1.29, 1.82) is 0 Å². The van der Waals surface area contributed by atoms with Crippen LogP contribution < -0.4 is 66.9 Å². The van der Waals surface area contributed by atoms with Gasteiger partial charge in [0.05, 0.1) is 0 Å². The lowest BCUT2D eigenvalue weighted by Gasteiger charge is -1.93. The molecule has 2 aromatic carbocycles. The summed E-state index contributed by atoms with van der Waals surface area (Å²) >= 11 is 3.06. The van der Waals surface area contributed by atoms with E-state index in [9.17, 15) is 0 Å². The minimum Gasteiger partial charge on any atom is -1.00 e. The van der Waals surface area contributed by atoms with E-state index in [1.165, 1.54) is 23.5 Å². The zero-order chi connectivity index (χ0) is 19.0. The van der Waals surface area contributed by atoms with Crippen LogP contribution in [0.1, 0.15) is 0 Å². The summed E-state index contributed by atoms with van der Waals surface area (Å²) in [5.74, 6) is 1.68. The van der Waals surface area contributed by atoms with Gasteiger partial charge in [-0.15, -0.1) is 0 Å². The number of nitrogens with one attached hydrogen (secondary N) is 2. The van der Waals surface area contributed by atoms with E-state index in [1.54, 1.807) is 0 Å². The highest BCUT2D eigenvalue weighted by molar-refractivity contribution is 8.13. The minimum absolute atomic E-state index is 0. The van der Waals surface area contributed by atoms with Gasteiger partial charge in [-0.1, -0.05) is 36.4 Å². The van der Waals surface area contributed by atoms with Gasteiger partial charge in [0.15, 0.2) is 0 Å². The van der Waals surface area contributed by atoms with Gasteiger partial charge in [0, 0.05) is 24.6 Å². The van der Waals surface area contributed by atoms with Crippen LogP contribution in [0.3, 0.4) is 0 Å². The lowest BCUT2D eigenvalue weighted by molar-refractivity contribution is -0.351. The third-order valence-electron chi connectivity index (χ3n) is 2.83. The predicted octanol–water partition coefficient (Wildman–Crippen LogP) is -7.18. The Morgan fingerprint density at radius 2 is 0.964 bits per heavy atom. The molecule has 0 atom stereocenters. The smallest absolute Gasteiger partial charge is 0.307 e. The zero-order valence-corrected chi connectivity index (χ0v) is 20.3. The Morgan fingerprint density at radius 1 is 0.643 bits per heavy atom. The molecular formula is C18H28Br2N6S2. The van der Waals surface area contributed by atoms with Crippen LogP contribution in [0.15, 0.2) is 60.7 Å². The van der Waals surface area contributed by atoms with Crippen LogP contribution in [0.4, 0.5) is 11.4 Å². The molecule has 0 amide bonds. The quantitative estimate of drug-likeness (QED) is 0.156. The normalized spacial score (nSPS) is 10.8. The number of halogens is 2. The van der Waals surface area contributed by atoms with Crippen molar-refractivity contribution in [2.24, 2.45) is 22.9 Å². The first-order chi connectivity index (χ1) is 12.7. The highest BCUT2D eigenvalue weighted by atomic mass is 79.9. The van der Waals surface area contributed by atoms with Crippen molar-refractivity contribution >= 4 is 45.2 Å². The first kappa shape index (κ1) is 29.2. The van der Waals surface area contributed by atoms with Crippen molar-refractivity contribution in [3.05, 3.63) is 60.7 Å². The summed E-state index contributed by atoms with van der Waals surface area (Å²) in [6, 6.07) is 19.7. The van der Waals surface area contributed by atoms with Gasteiger partial charge in [0.1, 0.15) is 11.4 Å². The molecule has 0 heterocycles. The van der Waals surface area contributed by atoms with E-state index < -0.39 is 0 Å². The fraction of sp³-hybridized carbons (Fsp3) is 0.222. The average Bonchev–Trinajstić information content (AvgIpc) is 2.67. The molecule has 6 nitrogen and oxygen atoms in total. The topological polar surface area (TPSA) is 132 Å². The first-order valence-corrected chi connectivity index (χ1v) is 10.2. The molecule has 0 saturated carbocycles. The molecule has 0 saturated heterocycles. The van der Waals surface area contributed by atoms with Gasteiger partial charge >= 0.3 is 10.3 Å². The molecule has 28 heavy (non-hydrogen) atoms. The molecule has 156 valence electrons. The Labute approximate surface area is 196 Å². The van der Waals surface area contributed by atoms with E-state index in [-0.39, 0.29) is 34.0 Å². The summed E-state index contributed by atoms with van der Waals surface area (Å²) in [7, 11) is 0. The number of benzene rings is 2. The molecule has 0 fully saturated rings. The molecule has 10 N–H and O–H groups in total. The average molecular weight is 552 g/mol. The molecule has 10 heteroatoms. The maximum absolute atomic E-state index is 5.70. The van der Waals surface area contributed by atoms with E-state index in [0.29, 0.717) is 23.4 Å². The fourth-order valence-electron chi connectivity index (χ4n) is 1.74. The molecule has 0 spiro atoms. The molecule has 2 rings (SSSR count). The predicted molar refractivity (Wildman–Crippen MR) is 116 cm³/mol. The van der Waals surface area contributed by atoms with Gasteiger partial charge in [-0.25, -0.2) is 9.98 Å². The van der Waals surface area contributed by atoms with E-state index in [4.69, 9.17) is 22.9 Å². The summed E-state index contributed by atoms with van der Waals surface area (Å²) in [6.45, 7) is 1.28. The van der Waals surface area contributed by atoms with E-state index >= 15 is 0 Å². The van der Waals surface area contributed by atoms with Gasteiger partial charge < -0.3 is 45.4 Å². The molecule has 0 aliphatic heterocycles. The Bertz CT molecular complexity index is 613. The second-order valence-corrected chi connectivity index (χ2v) is 7.26. The molecule has 0 unspecified atom stereocenters. The Balaban J connectivity index is 0. The summed E-state index contributed by atoms with van der Waals surface area (Å²) in [6.07, 6.45) is 0. The van der Waals surface area contributed by atoms with Crippen molar-refractivity contribution in [2.45, 2.75) is 0 Å². The van der Waals surface area contributed by atoms with Crippen LogP contribution in [0.25, 0.3) is 0 Å². The van der Waals surface area contributed by atoms with E-state index in [2.05, 4.69) is 9.98 Å². The number of rotatable bonds is 6. The SMILES string of the molecule is NCCSC(N)=[NH+]c1ccccc1.NCCSC(N)=[NH+]c1ccccc1.[Br-].[Br-]. The largest absolute Gasteiger partial charge is 1.00 e. The number of hydrogen-bond donors (Lipinski definition) is 6. The van der Waals surface area contributed by atoms with Crippen LogP contribution in [0, 0.1) is 0 Å². The molecule has 0 aromatic heterocycles. The fourth-order valence-corrected chi connectivity index (χ4v) is 2.79. The van der Waals surface area contributed by atoms with Crippen molar-refractivity contribution in [2.75, 3.05) is 24.6 Å². The maximum Gasteiger partial charge on any atom is 0.307 e. The van der Waals surface area contributed by atoms with Gasteiger partial charge in [-0.3, -0.25) is 11.5 Å². The second-order valence-electron chi connectivity index (χ2n) is 4.98. The van der Waals surface area contributed by atoms with Crippen LogP contribution in [-0.2, 0) is 0 Å². The minimum atomic E-state index is 0. The lowest BCUT2D eigenvalue weighted by Crippen LogP contribution is -3.00. The molecule has 0 aliphatic carbocycles. The highest BCUT2D eigenvalue weighted by Crippen LogP contribution is 1.98. The van der Waals surface area contributed by atoms with Crippen molar-refractivity contribution in [3.63, 3.8) is 0 Å². The molecular weight excluding hydrogens is 524 g/mol. The lowest BCUT2D eigenvalue weighted by atomic mass is 10.3.